The van der Waals surface area contributed by atoms with Crippen molar-refractivity contribution in [2.75, 3.05) is 0 Å². The van der Waals surface area contributed by atoms with E-state index in [0.29, 0.717) is 6.04 Å². The lowest BCUT2D eigenvalue weighted by Gasteiger charge is -2.07. The Bertz CT molecular complexity index is 567. The second-order valence-corrected chi connectivity index (χ2v) is 4.55. The molecule has 0 unspecified atom stereocenters. The van der Waals surface area contributed by atoms with E-state index in [2.05, 4.69) is 9.55 Å². The molecule has 86 valence electrons. The molecule has 0 radical (unpaired) electrons. The summed E-state index contributed by atoms with van der Waals surface area (Å²) < 4.78 is 2.21. The van der Waals surface area contributed by atoms with Crippen LogP contribution in [0.25, 0.3) is 11.3 Å². The zero-order valence-electron chi connectivity index (χ0n) is 9.76. The number of ketones is 1. The fourth-order valence-corrected chi connectivity index (χ4v) is 2.07. The van der Waals surface area contributed by atoms with Gasteiger partial charge in [-0.05, 0) is 25.8 Å². The summed E-state index contributed by atoms with van der Waals surface area (Å²) in [4.78, 5) is 15.6. The van der Waals surface area contributed by atoms with E-state index in [1.54, 1.807) is 6.92 Å². The molecule has 0 atom stereocenters. The van der Waals surface area contributed by atoms with Crippen LogP contribution in [-0.2, 0) is 0 Å². The van der Waals surface area contributed by atoms with Gasteiger partial charge in [0.2, 0.25) is 0 Å². The lowest BCUT2D eigenvalue weighted by Crippen LogP contribution is -1.96. The number of aromatic nitrogens is 2. The van der Waals surface area contributed by atoms with Crippen molar-refractivity contribution in [3.05, 3.63) is 42.4 Å². The summed E-state index contributed by atoms with van der Waals surface area (Å²) in [6.07, 6.45) is 6.22. The summed E-state index contributed by atoms with van der Waals surface area (Å²) in [7, 11) is 0. The number of carbonyl (C=O) groups excluding carboxylic acids is 1. The molecule has 1 aromatic carbocycles. The maximum atomic E-state index is 11.4. The Hall–Kier alpha value is -1.90. The fraction of sp³-hybridized carbons (Fsp3) is 0.286. The van der Waals surface area contributed by atoms with E-state index < -0.39 is 0 Å². The Balaban J connectivity index is 2.05. The first-order chi connectivity index (χ1) is 8.25. The number of benzene rings is 1. The van der Waals surface area contributed by atoms with E-state index in [4.69, 9.17) is 0 Å². The van der Waals surface area contributed by atoms with Crippen molar-refractivity contribution in [2.24, 2.45) is 0 Å². The second-order valence-electron chi connectivity index (χ2n) is 4.55. The zero-order chi connectivity index (χ0) is 11.8. The molecular weight excluding hydrogens is 212 g/mol. The molecular formula is C14H14N2O. The van der Waals surface area contributed by atoms with Crippen LogP contribution >= 0.6 is 0 Å². The normalized spacial score (nSPS) is 14.9. The largest absolute Gasteiger partial charge is 0.328 e. The van der Waals surface area contributed by atoms with Gasteiger partial charge in [-0.15, -0.1) is 0 Å². The maximum Gasteiger partial charge on any atom is 0.159 e. The molecule has 0 bridgehead atoms. The average molecular weight is 226 g/mol. The first-order valence-electron chi connectivity index (χ1n) is 5.89. The standard InChI is InChI=1S/C14H14N2O/c1-10(17)11-3-2-4-12(7-11)14-8-15-9-16(14)13-5-6-13/h2-4,7-9,13H,5-6H2,1H3. The second kappa shape index (κ2) is 3.84. The molecule has 2 aromatic rings. The van der Waals surface area contributed by atoms with Gasteiger partial charge in [-0.1, -0.05) is 18.2 Å². The smallest absolute Gasteiger partial charge is 0.159 e. The van der Waals surface area contributed by atoms with E-state index in [1.165, 1.54) is 12.8 Å². The van der Waals surface area contributed by atoms with Crippen molar-refractivity contribution >= 4 is 5.78 Å². The third-order valence-corrected chi connectivity index (χ3v) is 3.17. The highest BCUT2D eigenvalue weighted by Gasteiger charge is 2.25. The minimum Gasteiger partial charge on any atom is -0.328 e. The minimum atomic E-state index is 0.101. The van der Waals surface area contributed by atoms with Crippen LogP contribution in [0.4, 0.5) is 0 Å². The molecule has 1 fully saturated rings. The van der Waals surface area contributed by atoms with Gasteiger partial charge in [0.15, 0.2) is 5.78 Å². The van der Waals surface area contributed by atoms with Gasteiger partial charge < -0.3 is 4.57 Å². The third-order valence-electron chi connectivity index (χ3n) is 3.17. The first kappa shape index (κ1) is 10.3. The number of hydrogen-bond donors (Lipinski definition) is 0. The van der Waals surface area contributed by atoms with Crippen LogP contribution in [0.5, 0.6) is 0 Å². The molecule has 3 nitrogen and oxygen atoms in total. The number of carbonyl (C=O) groups is 1. The van der Waals surface area contributed by atoms with Crippen LogP contribution < -0.4 is 0 Å². The Morgan fingerprint density at radius 2 is 2.24 bits per heavy atom. The topological polar surface area (TPSA) is 34.9 Å². The van der Waals surface area contributed by atoms with Crippen molar-refractivity contribution in [1.82, 2.24) is 9.55 Å². The summed E-state index contributed by atoms with van der Waals surface area (Å²) >= 11 is 0. The molecule has 1 aliphatic carbocycles. The average Bonchev–Trinajstić information content (AvgIpc) is 3.07. The molecule has 0 N–H and O–H groups in total. The summed E-state index contributed by atoms with van der Waals surface area (Å²) in [5.74, 6) is 0.101. The molecule has 0 saturated heterocycles. The molecule has 1 aromatic heterocycles. The molecule has 0 aliphatic heterocycles. The van der Waals surface area contributed by atoms with Crippen molar-refractivity contribution in [2.45, 2.75) is 25.8 Å². The van der Waals surface area contributed by atoms with Gasteiger partial charge >= 0.3 is 0 Å². The number of imidazole rings is 1. The number of nitrogens with zero attached hydrogens (tertiary/aromatic N) is 2. The molecule has 1 saturated carbocycles. The third kappa shape index (κ3) is 1.88. The highest BCUT2D eigenvalue weighted by Crippen LogP contribution is 2.38. The van der Waals surface area contributed by atoms with E-state index in [9.17, 15) is 4.79 Å². The van der Waals surface area contributed by atoms with Gasteiger partial charge in [-0.3, -0.25) is 4.79 Å². The molecule has 3 heteroatoms. The summed E-state index contributed by atoms with van der Waals surface area (Å²) in [5.41, 5.74) is 2.93. The van der Waals surface area contributed by atoms with Gasteiger partial charge in [0.25, 0.3) is 0 Å². The summed E-state index contributed by atoms with van der Waals surface area (Å²) in [6, 6.07) is 8.36. The monoisotopic (exact) mass is 226 g/mol. The van der Waals surface area contributed by atoms with Gasteiger partial charge in [0.05, 0.1) is 18.2 Å². The quantitative estimate of drug-likeness (QED) is 0.754. The van der Waals surface area contributed by atoms with Gasteiger partial charge in [-0.25, -0.2) is 4.98 Å². The number of rotatable bonds is 3. The van der Waals surface area contributed by atoms with E-state index >= 15 is 0 Å². The zero-order valence-corrected chi connectivity index (χ0v) is 9.76. The Labute approximate surface area is 100 Å². The highest BCUT2D eigenvalue weighted by molar-refractivity contribution is 5.95. The molecule has 0 spiro atoms. The van der Waals surface area contributed by atoms with Crippen molar-refractivity contribution in [1.29, 1.82) is 0 Å². The lowest BCUT2D eigenvalue weighted by atomic mass is 10.1. The van der Waals surface area contributed by atoms with Crippen LogP contribution in [0.3, 0.4) is 0 Å². The van der Waals surface area contributed by atoms with E-state index in [1.807, 2.05) is 36.8 Å². The fourth-order valence-electron chi connectivity index (χ4n) is 2.07. The molecule has 17 heavy (non-hydrogen) atoms. The Morgan fingerprint density at radius 3 is 2.94 bits per heavy atom. The summed E-state index contributed by atoms with van der Waals surface area (Å²) in [5, 5.41) is 0. The van der Waals surface area contributed by atoms with Crippen LogP contribution in [0, 0.1) is 0 Å². The van der Waals surface area contributed by atoms with Crippen LogP contribution in [0.1, 0.15) is 36.2 Å². The van der Waals surface area contributed by atoms with E-state index in [-0.39, 0.29) is 5.78 Å². The van der Waals surface area contributed by atoms with Gasteiger partial charge in [0.1, 0.15) is 0 Å². The molecule has 0 amide bonds. The van der Waals surface area contributed by atoms with Crippen LogP contribution in [0.15, 0.2) is 36.8 Å². The predicted molar refractivity (Wildman–Crippen MR) is 65.9 cm³/mol. The first-order valence-corrected chi connectivity index (χ1v) is 5.89. The molecule has 1 heterocycles. The van der Waals surface area contributed by atoms with Gasteiger partial charge in [-0.2, -0.15) is 0 Å². The van der Waals surface area contributed by atoms with Crippen molar-refractivity contribution < 1.29 is 4.79 Å². The maximum absolute atomic E-state index is 11.4. The van der Waals surface area contributed by atoms with Crippen LogP contribution in [-0.4, -0.2) is 15.3 Å². The SMILES string of the molecule is CC(=O)c1cccc(-c2cncn2C2CC2)c1. The van der Waals surface area contributed by atoms with Crippen molar-refractivity contribution in [3.8, 4) is 11.3 Å². The summed E-state index contributed by atoms with van der Waals surface area (Å²) in [6.45, 7) is 1.59. The molecule has 3 rings (SSSR count). The number of Topliss-reactive ketones (excluding diaryl/α,β-unsaturated/α-hetero) is 1. The molecule has 1 aliphatic rings. The lowest BCUT2D eigenvalue weighted by molar-refractivity contribution is 0.101. The van der Waals surface area contributed by atoms with E-state index in [0.717, 1.165) is 16.8 Å². The minimum absolute atomic E-state index is 0.101. The number of hydrogen-bond acceptors (Lipinski definition) is 2. The van der Waals surface area contributed by atoms with Crippen molar-refractivity contribution in [3.63, 3.8) is 0 Å². The predicted octanol–water partition coefficient (Wildman–Crippen LogP) is 3.09. The van der Waals surface area contributed by atoms with Crippen LogP contribution in [0.2, 0.25) is 0 Å². The Kier molecular flexibility index (Phi) is 2.32. The Morgan fingerprint density at radius 1 is 1.41 bits per heavy atom. The highest BCUT2D eigenvalue weighted by atomic mass is 16.1. The van der Waals surface area contributed by atoms with Gasteiger partial charge in [0, 0.05) is 17.2 Å².